The van der Waals surface area contributed by atoms with Gasteiger partial charge in [-0.2, -0.15) is 5.10 Å². The first-order valence-corrected chi connectivity index (χ1v) is 8.69. The lowest BCUT2D eigenvalue weighted by Crippen LogP contribution is -2.13. The van der Waals surface area contributed by atoms with Gasteiger partial charge in [0.05, 0.1) is 11.4 Å². The van der Waals surface area contributed by atoms with Crippen molar-refractivity contribution in [3.63, 3.8) is 0 Å². The second-order valence-corrected chi connectivity index (χ2v) is 6.25. The Balaban J connectivity index is 1.74. The normalized spacial score (nSPS) is 12.1. The minimum atomic E-state index is 0.388. The Bertz CT molecular complexity index is 768. The number of ether oxygens (including phenoxy) is 1. The molecule has 1 unspecified atom stereocenters. The summed E-state index contributed by atoms with van der Waals surface area (Å²) in [5.74, 6) is 1.26. The van der Waals surface area contributed by atoms with Crippen LogP contribution in [-0.2, 0) is 19.7 Å². The van der Waals surface area contributed by atoms with Crippen molar-refractivity contribution >= 4 is 0 Å². The molecule has 2 aromatic carbocycles. The second kappa shape index (κ2) is 8.49. The smallest absolute Gasteiger partial charge is 0.130 e. The molecule has 0 saturated carbocycles. The maximum Gasteiger partial charge on any atom is 0.130 e. The van der Waals surface area contributed by atoms with Crippen molar-refractivity contribution in [2.45, 2.75) is 32.5 Å². The maximum absolute atomic E-state index is 5.93. The van der Waals surface area contributed by atoms with Crippen LogP contribution in [0, 0.1) is 0 Å². The predicted molar refractivity (Wildman–Crippen MR) is 101 cm³/mol. The zero-order chi connectivity index (χ0) is 17.5. The number of hydrogen-bond donors (Lipinski definition) is 1. The molecule has 3 rings (SSSR count). The fourth-order valence-corrected chi connectivity index (χ4v) is 2.88. The molecule has 0 radical (unpaired) electrons. The van der Waals surface area contributed by atoms with Gasteiger partial charge in [0, 0.05) is 19.0 Å². The molecule has 0 fully saturated rings. The maximum atomic E-state index is 5.93. The number of benzene rings is 2. The monoisotopic (exact) mass is 335 g/mol. The van der Waals surface area contributed by atoms with Gasteiger partial charge in [-0.25, -0.2) is 0 Å². The van der Waals surface area contributed by atoms with Gasteiger partial charge in [-0.15, -0.1) is 0 Å². The van der Waals surface area contributed by atoms with Crippen LogP contribution < -0.4 is 10.1 Å². The molecule has 0 spiro atoms. The molecule has 0 amide bonds. The first-order chi connectivity index (χ1) is 12.3. The lowest BCUT2D eigenvalue weighted by atomic mass is 10.0. The Kier molecular flexibility index (Phi) is 5.86. The van der Waals surface area contributed by atoms with Crippen LogP contribution in [-0.4, -0.2) is 16.8 Å². The zero-order valence-electron chi connectivity index (χ0n) is 14.9. The molecule has 0 aliphatic rings. The van der Waals surface area contributed by atoms with Gasteiger partial charge in [0.2, 0.25) is 0 Å². The van der Waals surface area contributed by atoms with Crippen molar-refractivity contribution in [2.75, 3.05) is 7.05 Å². The lowest BCUT2D eigenvalue weighted by Gasteiger charge is -2.15. The highest BCUT2D eigenvalue weighted by Crippen LogP contribution is 2.19. The predicted octanol–water partition coefficient (Wildman–Crippen LogP) is 3.99. The van der Waals surface area contributed by atoms with Gasteiger partial charge in [-0.3, -0.25) is 4.68 Å². The molecule has 1 N–H and O–H groups in total. The van der Waals surface area contributed by atoms with Crippen LogP contribution in [0.25, 0.3) is 0 Å². The summed E-state index contributed by atoms with van der Waals surface area (Å²) < 4.78 is 8.01. The molecule has 1 aromatic heterocycles. The molecule has 1 atom stereocenters. The van der Waals surface area contributed by atoms with Gasteiger partial charge in [0.1, 0.15) is 12.4 Å². The third-order valence-corrected chi connectivity index (χ3v) is 4.22. The third-order valence-electron chi connectivity index (χ3n) is 4.22. The van der Waals surface area contributed by atoms with Crippen molar-refractivity contribution in [1.29, 1.82) is 0 Å². The summed E-state index contributed by atoms with van der Waals surface area (Å²) in [4.78, 5) is 0. The summed E-state index contributed by atoms with van der Waals surface area (Å²) in [6, 6.07) is 22.6. The summed E-state index contributed by atoms with van der Waals surface area (Å²) in [5, 5.41) is 7.92. The van der Waals surface area contributed by atoms with Gasteiger partial charge in [0.15, 0.2) is 0 Å². The zero-order valence-corrected chi connectivity index (χ0v) is 14.9. The van der Waals surface area contributed by atoms with Gasteiger partial charge >= 0.3 is 0 Å². The van der Waals surface area contributed by atoms with E-state index in [0.717, 1.165) is 30.2 Å². The summed E-state index contributed by atoms with van der Waals surface area (Å²) in [6.45, 7) is 4.34. The number of para-hydroxylation sites is 1. The quantitative estimate of drug-likeness (QED) is 0.677. The highest BCUT2D eigenvalue weighted by atomic mass is 16.5. The van der Waals surface area contributed by atoms with Gasteiger partial charge in [-0.05, 0) is 30.8 Å². The van der Waals surface area contributed by atoms with E-state index in [1.807, 2.05) is 43.4 Å². The molecule has 0 aliphatic carbocycles. The number of nitrogens with zero attached hydrogens (tertiary/aromatic N) is 2. The average molecular weight is 335 g/mol. The van der Waals surface area contributed by atoms with Crippen molar-refractivity contribution in [3.05, 3.63) is 83.7 Å². The van der Waals surface area contributed by atoms with Crippen LogP contribution >= 0.6 is 0 Å². The van der Waals surface area contributed by atoms with E-state index < -0.39 is 0 Å². The van der Waals surface area contributed by atoms with E-state index >= 15 is 0 Å². The van der Waals surface area contributed by atoms with Crippen LogP contribution in [0.1, 0.15) is 29.8 Å². The Morgan fingerprint density at radius 1 is 1.04 bits per heavy atom. The van der Waals surface area contributed by atoms with Gasteiger partial charge in [0.25, 0.3) is 0 Å². The number of rotatable bonds is 8. The number of nitrogens with one attached hydrogen (secondary N) is 1. The van der Waals surface area contributed by atoms with E-state index in [1.165, 1.54) is 5.56 Å². The van der Waals surface area contributed by atoms with Gasteiger partial charge < -0.3 is 10.1 Å². The SMILES string of the molecule is CNCc1cc(COc2ccccc2)n(CC(C)c2ccccc2)n1. The summed E-state index contributed by atoms with van der Waals surface area (Å²) in [7, 11) is 1.94. The van der Waals surface area contributed by atoms with E-state index in [2.05, 4.69) is 47.3 Å². The van der Waals surface area contributed by atoms with Crippen LogP contribution in [0.3, 0.4) is 0 Å². The topological polar surface area (TPSA) is 39.1 Å². The third kappa shape index (κ3) is 4.70. The number of hydrogen-bond acceptors (Lipinski definition) is 3. The van der Waals surface area contributed by atoms with Crippen molar-refractivity contribution < 1.29 is 4.74 Å². The average Bonchev–Trinajstić information content (AvgIpc) is 3.03. The molecular weight excluding hydrogens is 310 g/mol. The molecular formula is C21H25N3O. The summed E-state index contributed by atoms with van der Waals surface area (Å²) in [5.41, 5.74) is 3.45. The molecule has 4 nitrogen and oxygen atoms in total. The molecule has 1 heterocycles. The first kappa shape index (κ1) is 17.2. The summed E-state index contributed by atoms with van der Waals surface area (Å²) >= 11 is 0. The van der Waals surface area contributed by atoms with Crippen LogP contribution in [0.4, 0.5) is 0 Å². The van der Waals surface area contributed by atoms with E-state index in [-0.39, 0.29) is 0 Å². The van der Waals surface area contributed by atoms with Crippen LogP contribution in [0.15, 0.2) is 66.7 Å². The molecule has 3 aromatic rings. The number of aromatic nitrogens is 2. The lowest BCUT2D eigenvalue weighted by molar-refractivity contribution is 0.290. The molecule has 4 heteroatoms. The molecule has 0 saturated heterocycles. The van der Waals surface area contributed by atoms with E-state index in [0.29, 0.717) is 12.5 Å². The Morgan fingerprint density at radius 2 is 1.72 bits per heavy atom. The molecule has 25 heavy (non-hydrogen) atoms. The van der Waals surface area contributed by atoms with Gasteiger partial charge in [-0.1, -0.05) is 55.5 Å². The van der Waals surface area contributed by atoms with E-state index in [4.69, 9.17) is 9.84 Å². The van der Waals surface area contributed by atoms with Crippen molar-refractivity contribution in [2.24, 2.45) is 0 Å². The molecule has 0 aliphatic heterocycles. The largest absolute Gasteiger partial charge is 0.487 e. The Hall–Kier alpha value is -2.59. The van der Waals surface area contributed by atoms with Crippen molar-refractivity contribution in [3.8, 4) is 5.75 Å². The van der Waals surface area contributed by atoms with Crippen LogP contribution in [0.5, 0.6) is 5.75 Å². The highest BCUT2D eigenvalue weighted by molar-refractivity contribution is 5.22. The Labute approximate surface area is 149 Å². The van der Waals surface area contributed by atoms with E-state index in [9.17, 15) is 0 Å². The summed E-state index contributed by atoms with van der Waals surface area (Å²) in [6.07, 6.45) is 0. The Morgan fingerprint density at radius 3 is 2.40 bits per heavy atom. The first-order valence-electron chi connectivity index (χ1n) is 8.69. The fourth-order valence-electron chi connectivity index (χ4n) is 2.88. The second-order valence-electron chi connectivity index (χ2n) is 6.25. The minimum absolute atomic E-state index is 0.388. The van der Waals surface area contributed by atoms with Crippen molar-refractivity contribution in [1.82, 2.24) is 15.1 Å². The highest BCUT2D eigenvalue weighted by Gasteiger charge is 2.13. The molecule has 0 bridgehead atoms. The minimum Gasteiger partial charge on any atom is -0.487 e. The van der Waals surface area contributed by atoms with Crippen LogP contribution in [0.2, 0.25) is 0 Å². The standard InChI is InChI=1S/C21H25N3O/c1-17(18-9-5-3-6-10-18)15-24-20(13-19(23-24)14-22-2)16-25-21-11-7-4-8-12-21/h3-13,17,22H,14-16H2,1-2H3. The molecule has 130 valence electrons. The fraction of sp³-hybridized carbons (Fsp3) is 0.286. The van der Waals surface area contributed by atoms with E-state index in [1.54, 1.807) is 0 Å².